The standard InChI is InChI=1S/C22H32N6O5/c1-22(2,3)23-19(29)13-27(12-16-7-6-10-33-16)20(30)14-28-25-21(24-26-28)15-8-9-17(31-4)18(11-15)32-5/h8-9,11,16H,6-7,10,12-14H2,1-5H3,(H,23,29)/t16-/m1/s1. The molecule has 2 amide bonds. The molecule has 0 unspecified atom stereocenters. The highest BCUT2D eigenvalue weighted by Gasteiger charge is 2.26. The zero-order chi connectivity index (χ0) is 24.0. The zero-order valence-corrected chi connectivity index (χ0v) is 19.8. The third-order valence-corrected chi connectivity index (χ3v) is 5.02. The van der Waals surface area contributed by atoms with Crippen LogP contribution in [0.25, 0.3) is 11.4 Å². The van der Waals surface area contributed by atoms with Crippen LogP contribution in [-0.4, -0.2) is 82.5 Å². The quantitative estimate of drug-likeness (QED) is 0.594. The van der Waals surface area contributed by atoms with E-state index in [4.69, 9.17) is 14.2 Å². The molecule has 0 spiro atoms. The molecular formula is C22H32N6O5. The van der Waals surface area contributed by atoms with Gasteiger partial charge in [-0.25, -0.2) is 0 Å². The Labute approximate surface area is 193 Å². The van der Waals surface area contributed by atoms with Crippen molar-refractivity contribution in [3.8, 4) is 22.9 Å². The minimum absolute atomic E-state index is 0.0623. The van der Waals surface area contributed by atoms with Gasteiger partial charge in [0.1, 0.15) is 6.54 Å². The van der Waals surface area contributed by atoms with Crippen LogP contribution in [0.2, 0.25) is 0 Å². The van der Waals surface area contributed by atoms with E-state index in [9.17, 15) is 9.59 Å². The van der Waals surface area contributed by atoms with Crippen molar-refractivity contribution in [3.05, 3.63) is 18.2 Å². The molecule has 2 heterocycles. The Balaban J connectivity index is 1.71. The summed E-state index contributed by atoms with van der Waals surface area (Å²) in [5.74, 6) is 0.953. The van der Waals surface area contributed by atoms with Gasteiger partial charge >= 0.3 is 0 Å². The molecule has 0 aliphatic carbocycles. The van der Waals surface area contributed by atoms with Gasteiger partial charge in [-0.2, -0.15) is 4.80 Å². The second kappa shape index (κ2) is 10.6. The average Bonchev–Trinajstić information content (AvgIpc) is 3.43. The van der Waals surface area contributed by atoms with Crippen LogP contribution in [0.3, 0.4) is 0 Å². The van der Waals surface area contributed by atoms with E-state index in [-0.39, 0.29) is 31.0 Å². The lowest BCUT2D eigenvalue weighted by Crippen LogP contribution is -2.49. The molecule has 1 aromatic carbocycles. The molecule has 33 heavy (non-hydrogen) atoms. The van der Waals surface area contributed by atoms with Gasteiger partial charge in [0.05, 0.1) is 26.9 Å². The number of carbonyl (C=O) groups excluding carboxylic acids is 2. The van der Waals surface area contributed by atoms with Gasteiger partial charge in [0, 0.05) is 24.3 Å². The fourth-order valence-electron chi connectivity index (χ4n) is 3.54. The second-order valence-corrected chi connectivity index (χ2v) is 8.92. The van der Waals surface area contributed by atoms with Gasteiger partial charge in [-0.3, -0.25) is 9.59 Å². The highest BCUT2D eigenvalue weighted by Crippen LogP contribution is 2.30. The van der Waals surface area contributed by atoms with Gasteiger partial charge in [0.25, 0.3) is 0 Å². The van der Waals surface area contributed by atoms with Crippen LogP contribution in [0.5, 0.6) is 11.5 Å². The van der Waals surface area contributed by atoms with E-state index in [1.807, 2.05) is 20.8 Å². The van der Waals surface area contributed by atoms with Gasteiger partial charge in [-0.05, 0) is 57.0 Å². The molecule has 1 atom stereocenters. The first-order chi connectivity index (χ1) is 15.7. The monoisotopic (exact) mass is 460 g/mol. The van der Waals surface area contributed by atoms with E-state index in [1.165, 1.54) is 9.70 Å². The van der Waals surface area contributed by atoms with E-state index in [0.29, 0.717) is 36.0 Å². The minimum Gasteiger partial charge on any atom is -0.493 e. The summed E-state index contributed by atoms with van der Waals surface area (Å²) in [6, 6.07) is 5.27. The molecule has 0 saturated carbocycles. The van der Waals surface area contributed by atoms with Gasteiger partial charge in [-0.15, -0.1) is 10.2 Å². The number of nitrogens with zero attached hydrogens (tertiary/aromatic N) is 5. The lowest BCUT2D eigenvalue weighted by molar-refractivity contribution is -0.138. The number of hydrogen-bond donors (Lipinski definition) is 1. The van der Waals surface area contributed by atoms with E-state index in [1.54, 1.807) is 32.4 Å². The Morgan fingerprint density at radius 2 is 2.00 bits per heavy atom. The Bertz CT molecular complexity index is 964. The van der Waals surface area contributed by atoms with Crippen molar-refractivity contribution in [1.82, 2.24) is 30.4 Å². The molecule has 2 aromatic rings. The summed E-state index contributed by atoms with van der Waals surface area (Å²) in [7, 11) is 3.10. The van der Waals surface area contributed by atoms with Crippen LogP contribution in [0.1, 0.15) is 33.6 Å². The third-order valence-electron chi connectivity index (χ3n) is 5.02. The van der Waals surface area contributed by atoms with Gasteiger partial charge in [-0.1, -0.05) is 0 Å². The number of benzene rings is 1. The topological polar surface area (TPSA) is 121 Å². The molecule has 0 bridgehead atoms. The van der Waals surface area contributed by atoms with Crippen LogP contribution >= 0.6 is 0 Å². The molecule has 1 saturated heterocycles. The second-order valence-electron chi connectivity index (χ2n) is 8.92. The number of tetrazole rings is 1. The van der Waals surface area contributed by atoms with E-state index >= 15 is 0 Å². The molecule has 0 radical (unpaired) electrons. The fraction of sp³-hybridized carbons (Fsp3) is 0.591. The van der Waals surface area contributed by atoms with Gasteiger partial charge < -0.3 is 24.4 Å². The van der Waals surface area contributed by atoms with Gasteiger partial charge in [0.15, 0.2) is 11.5 Å². The lowest BCUT2D eigenvalue weighted by atomic mass is 10.1. The van der Waals surface area contributed by atoms with Crippen molar-refractivity contribution in [2.24, 2.45) is 0 Å². The average molecular weight is 461 g/mol. The van der Waals surface area contributed by atoms with E-state index in [2.05, 4.69) is 20.7 Å². The number of rotatable bonds is 9. The molecule has 3 rings (SSSR count). The summed E-state index contributed by atoms with van der Waals surface area (Å²) in [4.78, 5) is 28.3. The molecule has 1 aromatic heterocycles. The number of hydrogen-bond acceptors (Lipinski definition) is 8. The summed E-state index contributed by atoms with van der Waals surface area (Å²) in [5, 5.41) is 15.3. The van der Waals surface area contributed by atoms with E-state index < -0.39 is 5.54 Å². The van der Waals surface area contributed by atoms with Crippen LogP contribution in [0.4, 0.5) is 0 Å². The molecule has 1 aliphatic rings. The summed E-state index contributed by atoms with van der Waals surface area (Å²) < 4.78 is 16.2. The number of nitrogens with one attached hydrogen (secondary N) is 1. The number of aromatic nitrogens is 4. The van der Waals surface area contributed by atoms with Crippen molar-refractivity contribution in [1.29, 1.82) is 0 Å². The normalized spacial score (nSPS) is 15.8. The van der Waals surface area contributed by atoms with Gasteiger partial charge in [0.2, 0.25) is 17.6 Å². The molecule has 1 aliphatic heterocycles. The lowest BCUT2D eigenvalue weighted by Gasteiger charge is -2.27. The van der Waals surface area contributed by atoms with Crippen LogP contribution in [0.15, 0.2) is 18.2 Å². The van der Waals surface area contributed by atoms with Crippen molar-refractivity contribution in [2.75, 3.05) is 33.9 Å². The molecular weight excluding hydrogens is 428 g/mol. The van der Waals surface area contributed by atoms with E-state index in [0.717, 1.165) is 12.8 Å². The number of methoxy groups -OCH3 is 2. The fourth-order valence-corrected chi connectivity index (χ4v) is 3.54. The number of ether oxygens (including phenoxy) is 3. The first kappa shape index (κ1) is 24.4. The Hall–Kier alpha value is -3.21. The predicted molar refractivity (Wildman–Crippen MR) is 120 cm³/mol. The SMILES string of the molecule is COc1ccc(-c2nnn(CC(=O)N(CC(=O)NC(C)(C)C)C[C@H]3CCCO3)n2)cc1OC. The van der Waals surface area contributed by atoms with Crippen LogP contribution in [-0.2, 0) is 20.9 Å². The van der Waals surface area contributed by atoms with Crippen molar-refractivity contribution < 1.29 is 23.8 Å². The minimum atomic E-state index is -0.391. The molecule has 11 nitrogen and oxygen atoms in total. The molecule has 1 fully saturated rings. The summed E-state index contributed by atoms with van der Waals surface area (Å²) in [5.41, 5.74) is 0.282. The predicted octanol–water partition coefficient (Wildman–Crippen LogP) is 1.28. The maximum atomic E-state index is 13.1. The highest BCUT2D eigenvalue weighted by molar-refractivity contribution is 5.85. The van der Waals surface area contributed by atoms with Crippen LogP contribution in [0, 0.1) is 0 Å². The first-order valence-corrected chi connectivity index (χ1v) is 10.9. The maximum absolute atomic E-state index is 13.1. The highest BCUT2D eigenvalue weighted by atomic mass is 16.5. The zero-order valence-electron chi connectivity index (χ0n) is 19.8. The number of carbonyl (C=O) groups is 2. The maximum Gasteiger partial charge on any atom is 0.246 e. The Kier molecular flexibility index (Phi) is 7.85. The summed E-state index contributed by atoms with van der Waals surface area (Å²) >= 11 is 0. The molecule has 11 heteroatoms. The first-order valence-electron chi connectivity index (χ1n) is 10.9. The van der Waals surface area contributed by atoms with Crippen molar-refractivity contribution in [2.45, 2.75) is 51.8 Å². The molecule has 1 N–H and O–H groups in total. The summed E-state index contributed by atoms with van der Waals surface area (Å²) in [6.07, 6.45) is 1.72. The van der Waals surface area contributed by atoms with Crippen molar-refractivity contribution >= 4 is 11.8 Å². The Morgan fingerprint density at radius 3 is 2.64 bits per heavy atom. The summed E-state index contributed by atoms with van der Waals surface area (Å²) in [6.45, 7) is 6.49. The smallest absolute Gasteiger partial charge is 0.246 e. The number of amides is 2. The largest absolute Gasteiger partial charge is 0.493 e. The Morgan fingerprint density at radius 1 is 1.24 bits per heavy atom. The molecule has 180 valence electrons. The third kappa shape index (κ3) is 6.88. The van der Waals surface area contributed by atoms with Crippen molar-refractivity contribution in [3.63, 3.8) is 0 Å². The van der Waals surface area contributed by atoms with Crippen LogP contribution < -0.4 is 14.8 Å².